The fourth-order valence-corrected chi connectivity index (χ4v) is 2.21. The molecule has 0 saturated carbocycles. The van der Waals surface area contributed by atoms with Crippen LogP contribution < -0.4 is 5.73 Å². The molecule has 1 aromatic carbocycles. The average Bonchev–Trinajstić information content (AvgIpc) is 2.38. The lowest BCUT2D eigenvalue weighted by Gasteiger charge is -2.14. The highest BCUT2D eigenvalue weighted by Gasteiger charge is 2.09. The summed E-state index contributed by atoms with van der Waals surface area (Å²) >= 11 is 0. The van der Waals surface area contributed by atoms with E-state index in [-0.39, 0.29) is 18.4 Å². The number of halogens is 1. The second-order valence-corrected chi connectivity index (χ2v) is 4.52. The van der Waals surface area contributed by atoms with Gasteiger partial charge in [-0.2, -0.15) is 0 Å². The van der Waals surface area contributed by atoms with Crippen LogP contribution in [0.3, 0.4) is 0 Å². The van der Waals surface area contributed by atoms with Gasteiger partial charge in [-0.15, -0.1) is 12.4 Å². The average molecular weight is 265 g/mol. The zero-order valence-electron chi connectivity index (χ0n) is 10.8. The summed E-state index contributed by atoms with van der Waals surface area (Å²) in [7, 11) is 0. The van der Waals surface area contributed by atoms with Gasteiger partial charge in [-0.1, -0.05) is 44.4 Å². The zero-order chi connectivity index (χ0) is 12.1. The molecule has 0 radical (unpaired) electrons. The van der Waals surface area contributed by atoms with Crippen LogP contribution in [0.1, 0.15) is 44.2 Å². The minimum absolute atomic E-state index is 0. The van der Waals surface area contributed by atoms with Gasteiger partial charge in [0.15, 0.2) is 0 Å². The highest BCUT2D eigenvalue weighted by atomic mass is 35.5. The summed E-state index contributed by atoms with van der Waals surface area (Å²) in [5.74, 6) is 0. The standard InChI is InChI=1S/C15H20N2.ClH/c1-2-3-4-8-14(16)12-10-11-17-15-9-6-5-7-13(12)15;/h5-7,9-11,14H,2-4,8,16H2,1H3;1H/t14-;/m1./s1. The van der Waals surface area contributed by atoms with Crippen molar-refractivity contribution in [3.63, 3.8) is 0 Å². The Kier molecular flexibility index (Phi) is 6.10. The van der Waals surface area contributed by atoms with Gasteiger partial charge in [-0.05, 0) is 24.1 Å². The summed E-state index contributed by atoms with van der Waals surface area (Å²) in [6, 6.07) is 10.4. The summed E-state index contributed by atoms with van der Waals surface area (Å²) < 4.78 is 0. The fourth-order valence-electron chi connectivity index (χ4n) is 2.21. The van der Waals surface area contributed by atoms with Gasteiger partial charge >= 0.3 is 0 Å². The van der Waals surface area contributed by atoms with E-state index in [9.17, 15) is 0 Å². The molecule has 18 heavy (non-hydrogen) atoms. The molecule has 0 fully saturated rings. The summed E-state index contributed by atoms with van der Waals surface area (Å²) in [5.41, 5.74) is 8.54. The van der Waals surface area contributed by atoms with Crippen molar-refractivity contribution in [2.75, 3.05) is 0 Å². The van der Waals surface area contributed by atoms with Crippen molar-refractivity contribution in [1.82, 2.24) is 4.98 Å². The largest absolute Gasteiger partial charge is 0.324 e. The van der Waals surface area contributed by atoms with E-state index in [2.05, 4.69) is 24.0 Å². The second kappa shape index (κ2) is 7.34. The molecule has 2 rings (SSSR count). The Morgan fingerprint density at radius 2 is 1.94 bits per heavy atom. The molecule has 0 aliphatic heterocycles. The lowest BCUT2D eigenvalue weighted by molar-refractivity contribution is 0.583. The molecule has 0 spiro atoms. The van der Waals surface area contributed by atoms with Gasteiger partial charge in [0.2, 0.25) is 0 Å². The van der Waals surface area contributed by atoms with Gasteiger partial charge in [-0.25, -0.2) is 0 Å². The molecule has 0 saturated heterocycles. The Labute approximate surface area is 115 Å². The van der Waals surface area contributed by atoms with Crippen molar-refractivity contribution in [3.05, 3.63) is 42.1 Å². The van der Waals surface area contributed by atoms with Gasteiger partial charge in [0.05, 0.1) is 5.52 Å². The molecule has 0 aliphatic rings. The predicted molar refractivity (Wildman–Crippen MR) is 80.1 cm³/mol. The molecule has 1 heterocycles. The third-order valence-electron chi connectivity index (χ3n) is 3.20. The molecular formula is C15H21ClN2. The Hall–Kier alpha value is -1.12. The number of rotatable bonds is 5. The Morgan fingerprint density at radius 3 is 2.72 bits per heavy atom. The topological polar surface area (TPSA) is 38.9 Å². The SMILES string of the molecule is CCCCC[C@@H](N)c1ccnc2ccccc12.Cl. The maximum absolute atomic E-state index is 6.27. The van der Waals surface area contributed by atoms with E-state index in [1.807, 2.05) is 24.4 Å². The van der Waals surface area contributed by atoms with E-state index in [0.717, 1.165) is 11.9 Å². The van der Waals surface area contributed by atoms with Crippen LogP contribution in [0.5, 0.6) is 0 Å². The summed E-state index contributed by atoms with van der Waals surface area (Å²) in [4.78, 5) is 4.37. The molecule has 1 atom stereocenters. The molecular weight excluding hydrogens is 244 g/mol. The van der Waals surface area contributed by atoms with E-state index in [1.54, 1.807) is 0 Å². The second-order valence-electron chi connectivity index (χ2n) is 4.52. The van der Waals surface area contributed by atoms with Gasteiger partial charge < -0.3 is 5.73 Å². The minimum Gasteiger partial charge on any atom is -0.324 e. The van der Waals surface area contributed by atoms with Crippen LogP contribution in [-0.2, 0) is 0 Å². The summed E-state index contributed by atoms with van der Waals surface area (Å²) in [5, 5.41) is 1.19. The summed E-state index contributed by atoms with van der Waals surface area (Å²) in [6.45, 7) is 2.22. The summed E-state index contributed by atoms with van der Waals surface area (Å²) in [6.07, 6.45) is 6.62. The quantitative estimate of drug-likeness (QED) is 0.821. The first-order valence-electron chi connectivity index (χ1n) is 6.42. The van der Waals surface area contributed by atoms with Gasteiger partial charge in [0.25, 0.3) is 0 Å². The zero-order valence-corrected chi connectivity index (χ0v) is 11.6. The molecule has 2 N–H and O–H groups in total. The number of nitrogens with zero attached hydrogens (tertiary/aromatic N) is 1. The molecule has 3 heteroatoms. The van der Waals surface area contributed by atoms with Crippen molar-refractivity contribution in [2.24, 2.45) is 5.73 Å². The van der Waals surface area contributed by atoms with E-state index >= 15 is 0 Å². The van der Waals surface area contributed by atoms with Crippen molar-refractivity contribution in [2.45, 2.75) is 38.6 Å². The van der Waals surface area contributed by atoms with Crippen LogP contribution in [0.2, 0.25) is 0 Å². The lowest BCUT2D eigenvalue weighted by Crippen LogP contribution is -2.10. The van der Waals surface area contributed by atoms with E-state index < -0.39 is 0 Å². The Balaban J connectivity index is 0.00000162. The monoisotopic (exact) mass is 264 g/mol. The maximum atomic E-state index is 6.27. The van der Waals surface area contributed by atoms with E-state index in [0.29, 0.717) is 0 Å². The number of pyridine rings is 1. The van der Waals surface area contributed by atoms with Crippen LogP contribution in [0.25, 0.3) is 10.9 Å². The van der Waals surface area contributed by atoms with Crippen molar-refractivity contribution in [1.29, 1.82) is 0 Å². The minimum atomic E-state index is 0. The van der Waals surface area contributed by atoms with Crippen LogP contribution in [-0.4, -0.2) is 4.98 Å². The van der Waals surface area contributed by atoms with Crippen molar-refractivity contribution < 1.29 is 0 Å². The number of aromatic nitrogens is 1. The Morgan fingerprint density at radius 1 is 1.17 bits per heavy atom. The fraction of sp³-hybridized carbons (Fsp3) is 0.400. The molecule has 0 amide bonds. The van der Waals surface area contributed by atoms with Crippen LogP contribution in [0, 0.1) is 0 Å². The van der Waals surface area contributed by atoms with Crippen molar-refractivity contribution in [3.8, 4) is 0 Å². The number of hydrogen-bond acceptors (Lipinski definition) is 2. The maximum Gasteiger partial charge on any atom is 0.0705 e. The molecule has 2 aromatic rings. The first kappa shape index (κ1) is 14.9. The van der Waals surface area contributed by atoms with Gasteiger partial charge in [-0.3, -0.25) is 4.98 Å². The van der Waals surface area contributed by atoms with Gasteiger partial charge in [0.1, 0.15) is 0 Å². The third kappa shape index (κ3) is 3.44. The van der Waals surface area contributed by atoms with Crippen LogP contribution >= 0.6 is 12.4 Å². The molecule has 0 bridgehead atoms. The van der Waals surface area contributed by atoms with Crippen LogP contribution in [0.4, 0.5) is 0 Å². The third-order valence-corrected chi connectivity index (χ3v) is 3.20. The van der Waals surface area contributed by atoms with E-state index in [4.69, 9.17) is 5.73 Å². The normalized spacial score (nSPS) is 12.1. The number of benzene rings is 1. The molecule has 0 unspecified atom stereocenters. The Bertz CT molecular complexity index is 479. The first-order valence-corrected chi connectivity index (χ1v) is 6.42. The predicted octanol–water partition coefficient (Wildman–Crippen LogP) is 4.24. The highest BCUT2D eigenvalue weighted by molar-refractivity contribution is 5.85. The number of unbranched alkanes of at least 4 members (excludes halogenated alkanes) is 2. The van der Waals surface area contributed by atoms with Crippen molar-refractivity contribution >= 4 is 23.3 Å². The van der Waals surface area contributed by atoms with Gasteiger partial charge in [0, 0.05) is 17.6 Å². The lowest BCUT2D eigenvalue weighted by atomic mass is 9.98. The molecule has 1 aromatic heterocycles. The number of hydrogen-bond donors (Lipinski definition) is 1. The first-order chi connectivity index (χ1) is 8.33. The smallest absolute Gasteiger partial charge is 0.0705 e. The number of nitrogens with two attached hydrogens (primary N) is 1. The van der Waals surface area contributed by atoms with Crippen LogP contribution in [0.15, 0.2) is 36.5 Å². The van der Waals surface area contributed by atoms with E-state index in [1.165, 1.54) is 30.2 Å². The highest BCUT2D eigenvalue weighted by Crippen LogP contribution is 2.24. The number of para-hydroxylation sites is 1. The molecule has 0 aliphatic carbocycles. The molecule has 2 nitrogen and oxygen atoms in total. The number of fused-ring (bicyclic) bond motifs is 1. The molecule has 98 valence electrons.